The van der Waals surface area contributed by atoms with E-state index in [0.29, 0.717) is 5.92 Å². The fraction of sp³-hybridized carbons (Fsp3) is 0.538. The van der Waals surface area contributed by atoms with Crippen LogP contribution in [0.3, 0.4) is 0 Å². The second-order valence-corrected chi connectivity index (χ2v) is 4.58. The molecular weight excluding hydrogens is 184 g/mol. The maximum absolute atomic E-state index is 6.30. The number of likely N-dealkylation sites (tertiary alicyclic amines) is 1. The van der Waals surface area contributed by atoms with Gasteiger partial charge in [0.15, 0.2) is 0 Å². The molecule has 1 saturated heterocycles. The summed E-state index contributed by atoms with van der Waals surface area (Å²) in [5.74, 6) is 0.656. The van der Waals surface area contributed by atoms with Crippen molar-refractivity contribution in [3.63, 3.8) is 0 Å². The van der Waals surface area contributed by atoms with E-state index in [1.807, 2.05) is 6.07 Å². The third-order valence-electron chi connectivity index (χ3n) is 3.46. The Labute approximate surface area is 92.1 Å². The van der Waals surface area contributed by atoms with Crippen LogP contribution in [0.25, 0.3) is 0 Å². The standard InChI is InChI=1S/C13H20N2/c1-15-9-7-12(8-10-15)13(14)11-5-3-2-4-6-11/h2-6,12-13H,7-10,14H2,1H3. The van der Waals surface area contributed by atoms with Crippen molar-refractivity contribution in [3.8, 4) is 0 Å². The molecule has 15 heavy (non-hydrogen) atoms. The summed E-state index contributed by atoms with van der Waals surface area (Å²) in [5.41, 5.74) is 7.58. The molecule has 0 aromatic heterocycles. The van der Waals surface area contributed by atoms with Crippen molar-refractivity contribution in [2.24, 2.45) is 11.7 Å². The van der Waals surface area contributed by atoms with Gasteiger partial charge in [-0.25, -0.2) is 0 Å². The number of hydrogen-bond acceptors (Lipinski definition) is 2. The number of hydrogen-bond donors (Lipinski definition) is 1. The molecule has 1 fully saturated rings. The molecule has 2 N–H and O–H groups in total. The first kappa shape index (κ1) is 10.7. The Balaban J connectivity index is 1.99. The zero-order valence-electron chi connectivity index (χ0n) is 9.39. The minimum absolute atomic E-state index is 0.222. The lowest BCUT2D eigenvalue weighted by Gasteiger charge is -2.32. The van der Waals surface area contributed by atoms with E-state index in [2.05, 4.69) is 36.2 Å². The summed E-state index contributed by atoms with van der Waals surface area (Å²) < 4.78 is 0. The third kappa shape index (κ3) is 2.58. The van der Waals surface area contributed by atoms with Gasteiger partial charge in [-0.3, -0.25) is 0 Å². The molecule has 1 aliphatic rings. The van der Waals surface area contributed by atoms with E-state index in [4.69, 9.17) is 5.73 Å². The molecule has 2 rings (SSSR count). The Bertz CT molecular complexity index is 289. The van der Waals surface area contributed by atoms with E-state index in [1.54, 1.807) is 0 Å². The largest absolute Gasteiger partial charge is 0.324 e. The molecule has 0 amide bonds. The Kier molecular flexibility index (Phi) is 3.39. The highest BCUT2D eigenvalue weighted by Gasteiger charge is 2.23. The molecule has 2 nitrogen and oxygen atoms in total. The number of benzene rings is 1. The predicted molar refractivity (Wildman–Crippen MR) is 63.6 cm³/mol. The van der Waals surface area contributed by atoms with Crippen molar-refractivity contribution in [2.75, 3.05) is 20.1 Å². The topological polar surface area (TPSA) is 29.3 Å². The van der Waals surface area contributed by atoms with Gasteiger partial charge < -0.3 is 10.6 Å². The second-order valence-electron chi connectivity index (χ2n) is 4.58. The molecule has 0 saturated carbocycles. The van der Waals surface area contributed by atoms with Gasteiger partial charge in [0.05, 0.1) is 0 Å². The predicted octanol–water partition coefficient (Wildman–Crippen LogP) is 2.03. The van der Waals surface area contributed by atoms with Crippen LogP contribution in [0.1, 0.15) is 24.4 Å². The van der Waals surface area contributed by atoms with Crippen molar-refractivity contribution in [1.82, 2.24) is 4.90 Å². The van der Waals surface area contributed by atoms with E-state index >= 15 is 0 Å². The van der Waals surface area contributed by atoms with Crippen molar-refractivity contribution in [2.45, 2.75) is 18.9 Å². The zero-order valence-corrected chi connectivity index (χ0v) is 9.39. The highest BCUT2D eigenvalue weighted by Crippen LogP contribution is 2.28. The Morgan fingerprint density at radius 1 is 1.20 bits per heavy atom. The van der Waals surface area contributed by atoms with Gasteiger partial charge >= 0.3 is 0 Å². The van der Waals surface area contributed by atoms with Gasteiger partial charge in [-0.2, -0.15) is 0 Å². The first-order valence-electron chi connectivity index (χ1n) is 5.76. The number of piperidine rings is 1. The fourth-order valence-corrected chi connectivity index (χ4v) is 2.34. The van der Waals surface area contributed by atoms with Crippen molar-refractivity contribution >= 4 is 0 Å². The smallest absolute Gasteiger partial charge is 0.0324 e. The van der Waals surface area contributed by atoms with Gasteiger partial charge in [0.1, 0.15) is 0 Å². The molecule has 0 spiro atoms. The second kappa shape index (κ2) is 4.77. The minimum Gasteiger partial charge on any atom is -0.324 e. The van der Waals surface area contributed by atoms with Crippen molar-refractivity contribution in [3.05, 3.63) is 35.9 Å². The zero-order chi connectivity index (χ0) is 10.7. The number of nitrogens with two attached hydrogens (primary N) is 1. The van der Waals surface area contributed by atoms with E-state index < -0.39 is 0 Å². The van der Waals surface area contributed by atoms with Crippen LogP contribution >= 0.6 is 0 Å². The molecule has 0 radical (unpaired) electrons. The molecule has 1 aromatic carbocycles. The summed E-state index contributed by atoms with van der Waals surface area (Å²) in [6.07, 6.45) is 2.46. The molecular formula is C13H20N2. The van der Waals surface area contributed by atoms with Crippen LogP contribution in [-0.4, -0.2) is 25.0 Å². The SMILES string of the molecule is CN1CCC(C(N)c2ccccc2)CC1. The lowest BCUT2D eigenvalue weighted by molar-refractivity contribution is 0.199. The van der Waals surface area contributed by atoms with Crippen LogP contribution in [0.15, 0.2) is 30.3 Å². The molecule has 82 valence electrons. The van der Waals surface area contributed by atoms with Crippen LogP contribution in [0.5, 0.6) is 0 Å². The van der Waals surface area contributed by atoms with Crippen LogP contribution in [0.4, 0.5) is 0 Å². The first-order valence-corrected chi connectivity index (χ1v) is 5.76. The van der Waals surface area contributed by atoms with Gasteiger partial charge in [-0.05, 0) is 44.5 Å². The molecule has 0 aliphatic carbocycles. The van der Waals surface area contributed by atoms with Gasteiger partial charge in [-0.1, -0.05) is 30.3 Å². The van der Waals surface area contributed by atoms with Crippen molar-refractivity contribution < 1.29 is 0 Å². The quantitative estimate of drug-likeness (QED) is 0.798. The molecule has 1 atom stereocenters. The van der Waals surface area contributed by atoms with Gasteiger partial charge in [0, 0.05) is 6.04 Å². The molecule has 2 heteroatoms. The van der Waals surface area contributed by atoms with Crippen LogP contribution < -0.4 is 5.73 Å². The van der Waals surface area contributed by atoms with Gasteiger partial charge in [0.25, 0.3) is 0 Å². The van der Waals surface area contributed by atoms with Crippen molar-refractivity contribution in [1.29, 1.82) is 0 Å². The summed E-state index contributed by atoms with van der Waals surface area (Å²) in [5, 5.41) is 0. The normalized spacial score (nSPS) is 21.5. The van der Waals surface area contributed by atoms with Crippen LogP contribution in [0, 0.1) is 5.92 Å². The average Bonchev–Trinajstić information content (AvgIpc) is 2.30. The Hall–Kier alpha value is -0.860. The fourth-order valence-electron chi connectivity index (χ4n) is 2.34. The van der Waals surface area contributed by atoms with E-state index in [0.717, 1.165) is 0 Å². The summed E-state index contributed by atoms with van der Waals surface area (Å²) in [4.78, 5) is 2.38. The number of nitrogens with zero attached hydrogens (tertiary/aromatic N) is 1. The lowest BCUT2D eigenvalue weighted by Crippen LogP contribution is -2.35. The molecule has 0 bridgehead atoms. The highest BCUT2D eigenvalue weighted by molar-refractivity contribution is 5.19. The molecule has 1 unspecified atom stereocenters. The summed E-state index contributed by atoms with van der Waals surface area (Å²) in [6.45, 7) is 2.37. The minimum atomic E-state index is 0.222. The Morgan fingerprint density at radius 2 is 1.80 bits per heavy atom. The van der Waals surface area contributed by atoms with Gasteiger partial charge in [0.2, 0.25) is 0 Å². The Morgan fingerprint density at radius 3 is 2.40 bits per heavy atom. The maximum Gasteiger partial charge on any atom is 0.0324 e. The summed E-state index contributed by atoms with van der Waals surface area (Å²) >= 11 is 0. The molecule has 1 heterocycles. The maximum atomic E-state index is 6.30. The molecule has 1 aromatic rings. The van der Waals surface area contributed by atoms with Crippen LogP contribution in [-0.2, 0) is 0 Å². The van der Waals surface area contributed by atoms with E-state index in [1.165, 1.54) is 31.5 Å². The first-order chi connectivity index (χ1) is 7.27. The summed E-state index contributed by atoms with van der Waals surface area (Å²) in [7, 11) is 2.18. The lowest BCUT2D eigenvalue weighted by atomic mass is 9.86. The number of rotatable bonds is 2. The summed E-state index contributed by atoms with van der Waals surface area (Å²) in [6, 6.07) is 10.7. The third-order valence-corrected chi connectivity index (χ3v) is 3.46. The van der Waals surface area contributed by atoms with Gasteiger partial charge in [-0.15, -0.1) is 0 Å². The van der Waals surface area contributed by atoms with E-state index in [-0.39, 0.29) is 6.04 Å². The van der Waals surface area contributed by atoms with E-state index in [9.17, 15) is 0 Å². The average molecular weight is 204 g/mol. The van der Waals surface area contributed by atoms with Crippen LogP contribution in [0.2, 0.25) is 0 Å². The molecule has 1 aliphatic heterocycles. The monoisotopic (exact) mass is 204 g/mol. The highest BCUT2D eigenvalue weighted by atomic mass is 15.1.